The lowest BCUT2D eigenvalue weighted by Crippen LogP contribution is -2.14. The first-order valence-corrected chi connectivity index (χ1v) is 8.21. The van der Waals surface area contributed by atoms with Gasteiger partial charge in [0.1, 0.15) is 0 Å². The zero-order chi connectivity index (χ0) is 13.8. The van der Waals surface area contributed by atoms with Crippen LogP contribution in [0.25, 0.3) is 0 Å². The number of benzene rings is 1. The number of hydrogen-bond acceptors (Lipinski definition) is 4. The van der Waals surface area contributed by atoms with Gasteiger partial charge in [0.15, 0.2) is 6.10 Å². The number of ether oxygens (including phenoxy) is 1. The maximum Gasteiger partial charge on any atom is 0.339 e. The molecule has 1 fully saturated rings. The number of aliphatic hydroxyl groups excluding tert-OH is 1. The first kappa shape index (κ1) is 14.9. The first-order valence-electron chi connectivity index (χ1n) is 6.26. The highest BCUT2D eigenvalue weighted by Gasteiger charge is 2.22. The topological polar surface area (TPSA) is 46.5 Å². The van der Waals surface area contributed by atoms with Crippen molar-refractivity contribution < 1.29 is 14.6 Å². The molecule has 0 spiro atoms. The molecule has 1 saturated heterocycles. The molecule has 1 aromatic carbocycles. The van der Waals surface area contributed by atoms with Crippen molar-refractivity contribution in [3.8, 4) is 0 Å². The zero-order valence-corrected chi connectivity index (χ0v) is 13.2. The van der Waals surface area contributed by atoms with Gasteiger partial charge in [-0.15, -0.1) is 0 Å². The summed E-state index contributed by atoms with van der Waals surface area (Å²) in [6.45, 7) is 0. The van der Waals surface area contributed by atoms with E-state index in [-0.39, 0.29) is 0 Å². The number of hydrogen-bond donors (Lipinski definition) is 1. The van der Waals surface area contributed by atoms with Crippen LogP contribution in [0.4, 0.5) is 0 Å². The summed E-state index contributed by atoms with van der Waals surface area (Å²) in [5.74, 6) is 2.33. The summed E-state index contributed by atoms with van der Waals surface area (Å²) < 4.78 is 5.51. The summed E-state index contributed by atoms with van der Waals surface area (Å²) in [6.07, 6.45) is 1.15. The van der Waals surface area contributed by atoms with E-state index in [9.17, 15) is 9.90 Å². The van der Waals surface area contributed by atoms with Crippen molar-refractivity contribution in [2.75, 3.05) is 18.6 Å². The Morgan fingerprint density at radius 3 is 2.74 bits per heavy atom. The van der Waals surface area contributed by atoms with Gasteiger partial charge in [-0.25, -0.2) is 4.79 Å². The van der Waals surface area contributed by atoms with Crippen molar-refractivity contribution in [1.82, 2.24) is 0 Å². The molecular weight excluding hydrogens is 328 g/mol. The highest BCUT2D eigenvalue weighted by atomic mass is 79.9. The molecule has 0 aliphatic carbocycles. The van der Waals surface area contributed by atoms with E-state index in [1.54, 1.807) is 0 Å². The lowest BCUT2D eigenvalue weighted by atomic mass is 9.92. The van der Waals surface area contributed by atoms with E-state index in [1.807, 2.05) is 30.0 Å². The van der Waals surface area contributed by atoms with Gasteiger partial charge in [0, 0.05) is 4.47 Å². The highest BCUT2D eigenvalue weighted by Crippen LogP contribution is 2.36. The van der Waals surface area contributed by atoms with Crippen LogP contribution in [0.5, 0.6) is 0 Å². The second-order valence-corrected chi connectivity index (χ2v) is 6.67. The molecule has 1 N–H and O–H groups in total. The minimum Gasteiger partial charge on any atom is -0.467 e. The predicted molar refractivity (Wildman–Crippen MR) is 80.4 cm³/mol. The summed E-state index contributed by atoms with van der Waals surface area (Å²) in [7, 11) is 1.27. The van der Waals surface area contributed by atoms with Crippen LogP contribution >= 0.6 is 27.7 Å². The number of thioether (sulfide) groups is 1. The Balaban J connectivity index is 2.19. The van der Waals surface area contributed by atoms with Gasteiger partial charge in [-0.1, -0.05) is 28.1 Å². The molecule has 1 unspecified atom stereocenters. The predicted octanol–water partition coefficient (Wildman–Crippen LogP) is 3.27. The summed E-state index contributed by atoms with van der Waals surface area (Å²) in [5, 5.41) is 9.82. The largest absolute Gasteiger partial charge is 0.467 e. The normalized spacial score (nSPS) is 18.1. The SMILES string of the molecule is COC(=O)C(O)c1ccc(C2CCSCC2)c(Br)c1. The van der Waals surface area contributed by atoms with Crippen molar-refractivity contribution >= 4 is 33.7 Å². The molecule has 3 nitrogen and oxygen atoms in total. The van der Waals surface area contributed by atoms with E-state index in [0.717, 1.165) is 4.47 Å². The first-order chi connectivity index (χ1) is 9.13. The van der Waals surface area contributed by atoms with Gasteiger partial charge in [0.2, 0.25) is 0 Å². The minimum atomic E-state index is -1.21. The Hall–Kier alpha value is -0.520. The van der Waals surface area contributed by atoms with E-state index in [2.05, 4.69) is 20.7 Å². The molecule has 1 aromatic rings. The van der Waals surface area contributed by atoms with Crippen LogP contribution in [0.1, 0.15) is 36.0 Å². The van der Waals surface area contributed by atoms with Gasteiger partial charge in [-0.2, -0.15) is 11.8 Å². The Morgan fingerprint density at radius 1 is 1.47 bits per heavy atom. The number of rotatable bonds is 3. The molecule has 0 saturated carbocycles. The molecule has 1 aliphatic heterocycles. The molecule has 0 radical (unpaired) electrons. The van der Waals surface area contributed by atoms with Crippen LogP contribution in [0.2, 0.25) is 0 Å². The molecule has 0 bridgehead atoms. The second-order valence-electron chi connectivity index (χ2n) is 4.59. The molecule has 19 heavy (non-hydrogen) atoms. The van der Waals surface area contributed by atoms with Gasteiger partial charge in [0.05, 0.1) is 7.11 Å². The third-order valence-corrected chi connectivity index (χ3v) is 5.16. The highest BCUT2D eigenvalue weighted by molar-refractivity contribution is 9.10. The van der Waals surface area contributed by atoms with E-state index < -0.39 is 12.1 Å². The van der Waals surface area contributed by atoms with E-state index in [0.29, 0.717) is 11.5 Å². The van der Waals surface area contributed by atoms with E-state index in [4.69, 9.17) is 0 Å². The maximum atomic E-state index is 11.3. The fourth-order valence-corrected chi connectivity index (χ4v) is 4.13. The molecule has 1 heterocycles. The molecule has 1 atom stereocenters. The maximum absolute atomic E-state index is 11.3. The molecule has 1 aliphatic rings. The van der Waals surface area contributed by atoms with Crippen molar-refractivity contribution in [2.45, 2.75) is 24.9 Å². The molecule has 0 aromatic heterocycles. The number of esters is 1. The molecule has 0 amide bonds. The third kappa shape index (κ3) is 3.52. The summed E-state index contributed by atoms with van der Waals surface area (Å²) in [5.41, 5.74) is 1.83. The average molecular weight is 345 g/mol. The van der Waals surface area contributed by atoms with Crippen molar-refractivity contribution in [3.63, 3.8) is 0 Å². The number of methoxy groups -OCH3 is 1. The molecule has 2 rings (SSSR count). The fourth-order valence-electron chi connectivity index (χ4n) is 2.30. The number of halogens is 1. The number of carbonyl (C=O) groups excluding carboxylic acids is 1. The van der Waals surface area contributed by atoms with Gasteiger partial charge < -0.3 is 9.84 Å². The summed E-state index contributed by atoms with van der Waals surface area (Å²) in [4.78, 5) is 11.3. The second kappa shape index (κ2) is 6.77. The lowest BCUT2D eigenvalue weighted by molar-refractivity contribution is -0.150. The van der Waals surface area contributed by atoms with Crippen molar-refractivity contribution in [3.05, 3.63) is 33.8 Å². The van der Waals surface area contributed by atoms with Crippen LogP contribution in [-0.4, -0.2) is 29.7 Å². The zero-order valence-electron chi connectivity index (χ0n) is 10.8. The van der Waals surface area contributed by atoms with E-state index in [1.165, 1.54) is 37.0 Å². The van der Waals surface area contributed by atoms with Gasteiger partial charge in [-0.3, -0.25) is 0 Å². The smallest absolute Gasteiger partial charge is 0.339 e. The van der Waals surface area contributed by atoms with Crippen molar-refractivity contribution in [1.29, 1.82) is 0 Å². The molecule has 104 valence electrons. The Morgan fingerprint density at radius 2 is 2.16 bits per heavy atom. The summed E-state index contributed by atoms with van der Waals surface area (Å²) >= 11 is 5.55. The van der Waals surface area contributed by atoms with E-state index >= 15 is 0 Å². The van der Waals surface area contributed by atoms with Gasteiger partial charge in [0.25, 0.3) is 0 Å². The number of carbonyl (C=O) groups is 1. The van der Waals surface area contributed by atoms with Gasteiger partial charge in [-0.05, 0) is 47.5 Å². The average Bonchev–Trinajstić information content (AvgIpc) is 2.46. The summed E-state index contributed by atoms with van der Waals surface area (Å²) in [6, 6.07) is 5.63. The third-order valence-electron chi connectivity index (χ3n) is 3.43. The van der Waals surface area contributed by atoms with Crippen molar-refractivity contribution in [2.24, 2.45) is 0 Å². The Bertz CT molecular complexity index is 458. The van der Waals surface area contributed by atoms with Crippen LogP contribution < -0.4 is 0 Å². The Kier molecular flexibility index (Phi) is 5.30. The lowest BCUT2D eigenvalue weighted by Gasteiger charge is -2.23. The van der Waals surface area contributed by atoms with Crippen LogP contribution in [0.3, 0.4) is 0 Å². The monoisotopic (exact) mass is 344 g/mol. The van der Waals surface area contributed by atoms with Gasteiger partial charge >= 0.3 is 5.97 Å². The Labute approximate surface area is 125 Å². The molecule has 5 heteroatoms. The van der Waals surface area contributed by atoms with Crippen LogP contribution in [0, 0.1) is 0 Å². The molecular formula is C14H17BrO3S. The van der Waals surface area contributed by atoms with Crippen LogP contribution in [0.15, 0.2) is 22.7 Å². The quantitative estimate of drug-likeness (QED) is 0.855. The fraction of sp³-hybridized carbons (Fsp3) is 0.500. The van der Waals surface area contributed by atoms with Crippen LogP contribution in [-0.2, 0) is 9.53 Å². The number of aliphatic hydroxyl groups is 1. The standard InChI is InChI=1S/C14H17BrO3S/c1-18-14(17)13(16)10-2-3-11(12(15)8-10)9-4-6-19-7-5-9/h2-3,8-9,13,16H,4-7H2,1H3. The minimum absolute atomic E-state index is 0.563.